The van der Waals surface area contributed by atoms with Crippen LogP contribution in [0.25, 0.3) is 0 Å². The largest absolute Gasteiger partial charge is 0.312 e. The first-order chi connectivity index (χ1) is 8.71. The highest BCUT2D eigenvalue weighted by molar-refractivity contribution is 5.40. The van der Waals surface area contributed by atoms with Crippen LogP contribution in [0.2, 0.25) is 0 Å². The van der Waals surface area contributed by atoms with Crippen LogP contribution in [0.5, 0.6) is 0 Å². The summed E-state index contributed by atoms with van der Waals surface area (Å²) in [6, 6.07) is 3.53. The normalized spacial score (nSPS) is 13.3. The second-order valence-electron chi connectivity index (χ2n) is 5.93. The summed E-state index contributed by atoms with van der Waals surface area (Å²) in [5.41, 5.74) is 0.504. The van der Waals surface area contributed by atoms with Crippen LogP contribution in [-0.4, -0.2) is 11.5 Å². The summed E-state index contributed by atoms with van der Waals surface area (Å²) in [4.78, 5) is 10.4. The molecule has 0 amide bonds. The van der Waals surface area contributed by atoms with Crippen molar-refractivity contribution in [2.75, 3.05) is 6.54 Å². The van der Waals surface area contributed by atoms with Gasteiger partial charge < -0.3 is 5.32 Å². The molecule has 1 atom stereocenters. The van der Waals surface area contributed by atoms with E-state index in [0.29, 0.717) is 18.0 Å². The lowest BCUT2D eigenvalue weighted by molar-refractivity contribution is -0.385. The smallest absolute Gasteiger partial charge is 0.274 e. The van der Waals surface area contributed by atoms with Gasteiger partial charge in [0.1, 0.15) is 5.82 Å². The van der Waals surface area contributed by atoms with Crippen LogP contribution < -0.4 is 5.32 Å². The van der Waals surface area contributed by atoms with Gasteiger partial charge in [0.05, 0.1) is 4.92 Å². The minimum Gasteiger partial charge on any atom is -0.312 e. The summed E-state index contributed by atoms with van der Waals surface area (Å²) in [5, 5.41) is 14.0. The molecule has 19 heavy (non-hydrogen) atoms. The lowest BCUT2D eigenvalue weighted by Crippen LogP contribution is -2.29. The second kappa shape index (κ2) is 6.10. The van der Waals surface area contributed by atoms with E-state index < -0.39 is 10.7 Å². The lowest BCUT2D eigenvalue weighted by Gasteiger charge is -2.27. The van der Waals surface area contributed by atoms with E-state index in [9.17, 15) is 14.5 Å². The predicted molar refractivity (Wildman–Crippen MR) is 73.4 cm³/mol. The van der Waals surface area contributed by atoms with E-state index in [1.165, 1.54) is 12.1 Å². The topological polar surface area (TPSA) is 55.2 Å². The average molecular weight is 268 g/mol. The summed E-state index contributed by atoms with van der Waals surface area (Å²) >= 11 is 0. The number of halogens is 1. The van der Waals surface area contributed by atoms with Crippen molar-refractivity contribution in [1.82, 2.24) is 5.32 Å². The molecule has 1 aromatic rings. The van der Waals surface area contributed by atoms with Crippen molar-refractivity contribution in [1.29, 1.82) is 0 Å². The van der Waals surface area contributed by atoms with Gasteiger partial charge in [-0.1, -0.05) is 27.7 Å². The first-order valence-electron chi connectivity index (χ1n) is 6.35. The predicted octanol–water partition coefficient (Wildman–Crippen LogP) is 3.51. The third-order valence-electron chi connectivity index (χ3n) is 3.48. The van der Waals surface area contributed by atoms with Crippen molar-refractivity contribution >= 4 is 5.69 Å². The standard InChI is InChI=1S/C14H21FN2O2/c1-10(14(2,3)4)8-16-9-11-7-12(15)5-6-13(11)17(18)19/h5-7,10,16H,8-9H2,1-4H3. The molecular formula is C14H21FN2O2. The molecule has 5 heteroatoms. The maximum Gasteiger partial charge on any atom is 0.274 e. The molecule has 4 nitrogen and oxygen atoms in total. The molecule has 0 aliphatic carbocycles. The van der Waals surface area contributed by atoms with Gasteiger partial charge in [-0.25, -0.2) is 4.39 Å². The van der Waals surface area contributed by atoms with Crippen molar-refractivity contribution in [3.05, 3.63) is 39.7 Å². The molecule has 0 saturated heterocycles. The van der Waals surface area contributed by atoms with Crippen molar-refractivity contribution in [2.45, 2.75) is 34.2 Å². The fraction of sp³-hybridized carbons (Fsp3) is 0.571. The number of nitro groups is 1. The summed E-state index contributed by atoms with van der Waals surface area (Å²) in [7, 11) is 0. The highest BCUT2D eigenvalue weighted by Crippen LogP contribution is 2.25. The Labute approximate surface area is 113 Å². The monoisotopic (exact) mass is 268 g/mol. The Bertz CT molecular complexity index is 455. The fourth-order valence-corrected chi connectivity index (χ4v) is 1.60. The summed E-state index contributed by atoms with van der Waals surface area (Å²) < 4.78 is 13.1. The first kappa shape index (κ1) is 15.6. The van der Waals surface area contributed by atoms with E-state index in [2.05, 4.69) is 33.0 Å². The number of nitrogens with one attached hydrogen (secondary N) is 1. The van der Waals surface area contributed by atoms with Crippen LogP contribution in [0, 0.1) is 27.3 Å². The minimum absolute atomic E-state index is 0.0442. The molecule has 0 bridgehead atoms. The Kier molecular flexibility index (Phi) is 5.00. The van der Waals surface area contributed by atoms with Crippen molar-refractivity contribution in [2.24, 2.45) is 11.3 Å². The zero-order chi connectivity index (χ0) is 14.6. The molecule has 0 aromatic heterocycles. The Morgan fingerprint density at radius 2 is 2.05 bits per heavy atom. The van der Waals surface area contributed by atoms with Gasteiger partial charge in [0.15, 0.2) is 0 Å². The molecule has 0 heterocycles. The SMILES string of the molecule is CC(CNCc1cc(F)ccc1[N+](=O)[O-])C(C)(C)C. The molecule has 0 saturated carbocycles. The first-order valence-corrected chi connectivity index (χ1v) is 6.35. The molecule has 0 spiro atoms. The number of rotatable bonds is 5. The van der Waals surface area contributed by atoms with Crippen LogP contribution >= 0.6 is 0 Å². The van der Waals surface area contributed by atoms with Gasteiger partial charge in [0.2, 0.25) is 0 Å². The average Bonchev–Trinajstić information content (AvgIpc) is 2.27. The van der Waals surface area contributed by atoms with Crippen LogP contribution in [0.15, 0.2) is 18.2 Å². The van der Waals surface area contributed by atoms with Crippen molar-refractivity contribution < 1.29 is 9.31 Å². The summed E-state index contributed by atoms with van der Waals surface area (Å²) in [6.45, 7) is 9.58. The number of nitrogens with zero attached hydrogens (tertiary/aromatic N) is 1. The van der Waals surface area contributed by atoms with Gasteiger partial charge in [-0.15, -0.1) is 0 Å². The van der Waals surface area contributed by atoms with E-state index >= 15 is 0 Å². The maximum absolute atomic E-state index is 13.1. The van der Waals surface area contributed by atoms with Gasteiger partial charge in [0, 0.05) is 18.2 Å². The fourth-order valence-electron chi connectivity index (χ4n) is 1.60. The molecule has 0 aliphatic heterocycles. The molecule has 1 rings (SSSR count). The Balaban J connectivity index is 2.68. The Morgan fingerprint density at radius 1 is 1.42 bits per heavy atom. The van der Waals surface area contributed by atoms with Gasteiger partial charge in [-0.3, -0.25) is 10.1 Å². The zero-order valence-corrected chi connectivity index (χ0v) is 11.9. The molecular weight excluding hydrogens is 247 g/mol. The zero-order valence-electron chi connectivity index (χ0n) is 11.9. The maximum atomic E-state index is 13.1. The van der Waals surface area contributed by atoms with E-state index in [1.54, 1.807) is 0 Å². The summed E-state index contributed by atoms with van der Waals surface area (Å²) in [5.74, 6) is -0.0358. The van der Waals surface area contributed by atoms with Crippen LogP contribution in [0.1, 0.15) is 33.3 Å². The van der Waals surface area contributed by atoms with Gasteiger partial charge >= 0.3 is 0 Å². The highest BCUT2D eigenvalue weighted by Gasteiger charge is 2.20. The van der Waals surface area contributed by atoms with Crippen molar-refractivity contribution in [3.63, 3.8) is 0 Å². The van der Waals surface area contributed by atoms with Gasteiger partial charge in [0.25, 0.3) is 5.69 Å². The van der Waals surface area contributed by atoms with Crippen LogP contribution in [0.3, 0.4) is 0 Å². The van der Waals surface area contributed by atoms with Crippen LogP contribution in [0.4, 0.5) is 10.1 Å². The van der Waals surface area contributed by atoms with Gasteiger partial charge in [-0.2, -0.15) is 0 Å². The van der Waals surface area contributed by atoms with E-state index in [4.69, 9.17) is 0 Å². The lowest BCUT2D eigenvalue weighted by atomic mass is 9.82. The number of nitro benzene ring substituents is 1. The van der Waals surface area contributed by atoms with Gasteiger partial charge in [-0.05, 0) is 30.0 Å². The quantitative estimate of drug-likeness (QED) is 0.656. The van der Waals surface area contributed by atoms with E-state index in [-0.39, 0.29) is 11.1 Å². The Morgan fingerprint density at radius 3 is 2.58 bits per heavy atom. The molecule has 0 fully saturated rings. The molecule has 1 aromatic carbocycles. The summed E-state index contributed by atoms with van der Waals surface area (Å²) in [6.07, 6.45) is 0. The molecule has 1 unspecified atom stereocenters. The molecule has 106 valence electrons. The van der Waals surface area contributed by atoms with Crippen molar-refractivity contribution in [3.8, 4) is 0 Å². The number of benzene rings is 1. The van der Waals surface area contributed by atoms with E-state index in [1.807, 2.05) is 0 Å². The van der Waals surface area contributed by atoms with Crippen LogP contribution in [-0.2, 0) is 6.54 Å². The molecule has 1 N–H and O–H groups in total. The molecule has 0 aliphatic rings. The third kappa shape index (κ3) is 4.59. The minimum atomic E-state index is -0.482. The highest BCUT2D eigenvalue weighted by atomic mass is 19.1. The molecule has 0 radical (unpaired) electrons. The third-order valence-corrected chi connectivity index (χ3v) is 3.48. The Hall–Kier alpha value is -1.49. The second-order valence-corrected chi connectivity index (χ2v) is 5.93. The number of hydrogen-bond donors (Lipinski definition) is 1. The number of hydrogen-bond acceptors (Lipinski definition) is 3. The van der Waals surface area contributed by atoms with E-state index in [0.717, 1.165) is 12.6 Å².